The van der Waals surface area contributed by atoms with Crippen LogP contribution in [0.25, 0.3) is 0 Å². The quantitative estimate of drug-likeness (QED) is 0.333. The molecule has 0 heterocycles. The van der Waals surface area contributed by atoms with E-state index in [9.17, 15) is 4.79 Å². The zero-order valence-corrected chi connectivity index (χ0v) is 12.0. The van der Waals surface area contributed by atoms with Crippen molar-refractivity contribution >= 4 is 11.7 Å². The number of oxime groups is 1. The molecule has 1 aromatic rings. The Morgan fingerprint density at radius 2 is 1.95 bits per heavy atom. The first-order chi connectivity index (χ1) is 9.56. The normalized spacial score (nSPS) is 10.8. The maximum absolute atomic E-state index is 11.6. The van der Waals surface area contributed by atoms with Gasteiger partial charge in [0.05, 0.1) is 25.8 Å². The van der Waals surface area contributed by atoms with Crippen LogP contribution in [-0.2, 0) is 14.4 Å². The van der Waals surface area contributed by atoms with Crippen LogP contribution >= 0.6 is 0 Å². The summed E-state index contributed by atoms with van der Waals surface area (Å²) in [5, 5.41) is 3.95. The maximum Gasteiger partial charge on any atom is 0.312 e. The molecule has 0 saturated carbocycles. The highest BCUT2D eigenvalue weighted by molar-refractivity contribution is 6.09. The van der Waals surface area contributed by atoms with Crippen molar-refractivity contribution in [2.24, 2.45) is 5.16 Å². The Labute approximate surface area is 118 Å². The lowest BCUT2D eigenvalue weighted by Crippen LogP contribution is -2.12. The second-order valence-corrected chi connectivity index (χ2v) is 4.04. The van der Waals surface area contributed by atoms with Gasteiger partial charge in [0.15, 0.2) is 0 Å². The van der Waals surface area contributed by atoms with Gasteiger partial charge < -0.3 is 14.3 Å². The first kappa shape index (κ1) is 15.8. The van der Waals surface area contributed by atoms with Crippen LogP contribution in [0.3, 0.4) is 0 Å². The molecule has 0 radical (unpaired) electrons. The van der Waals surface area contributed by atoms with Crippen LogP contribution in [0.4, 0.5) is 0 Å². The summed E-state index contributed by atoms with van der Waals surface area (Å²) in [5.41, 5.74) is 1.24. The summed E-state index contributed by atoms with van der Waals surface area (Å²) in [5.74, 6) is 0.817. The molecule has 5 nitrogen and oxygen atoms in total. The van der Waals surface area contributed by atoms with Crippen LogP contribution in [0.5, 0.6) is 5.75 Å². The van der Waals surface area contributed by atoms with Crippen LogP contribution in [0.15, 0.2) is 41.8 Å². The molecule has 5 heteroatoms. The molecular formula is C15H19NO4. The van der Waals surface area contributed by atoms with Gasteiger partial charge in [0.1, 0.15) is 11.5 Å². The molecular weight excluding hydrogens is 258 g/mol. The smallest absolute Gasteiger partial charge is 0.312 e. The predicted octanol–water partition coefficient (Wildman–Crippen LogP) is 2.90. The zero-order valence-electron chi connectivity index (χ0n) is 12.0. The average Bonchev–Trinajstić information content (AvgIpc) is 2.43. The van der Waals surface area contributed by atoms with E-state index in [4.69, 9.17) is 14.3 Å². The summed E-state index contributed by atoms with van der Waals surface area (Å²) in [6.07, 6.45) is 0.0352. The molecule has 0 N–H and O–H groups in total. The van der Waals surface area contributed by atoms with Crippen molar-refractivity contribution in [2.75, 3.05) is 13.7 Å². The van der Waals surface area contributed by atoms with Crippen LogP contribution < -0.4 is 4.74 Å². The number of nitrogens with zero attached hydrogens (tertiary/aromatic N) is 1. The number of hydrogen-bond acceptors (Lipinski definition) is 5. The molecule has 0 bridgehead atoms. The number of hydrogen-bond donors (Lipinski definition) is 0. The van der Waals surface area contributed by atoms with Gasteiger partial charge in [-0.1, -0.05) is 11.7 Å². The van der Waals surface area contributed by atoms with Crippen LogP contribution in [-0.4, -0.2) is 25.4 Å². The average molecular weight is 277 g/mol. The minimum atomic E-state index is -0.354. The molecule has 0 spiro atoms. The zero-order chi connectivity index (χ0) is 15.0. The molecule has 0 aromatic heterocycles. The Morgan fingerprint density at radius 3 is 2.45 bits per heavy atom. The molecule has 0 saturated heterocycles. The Hall–Kier alpha value is -2.30. The van der Waals surface area contributed by atoms with Crippen molar-refractivity contribution in [3.63, 3.8) is 0 Å². The van der Waals surface area contributed by atoms with Gasteiger partial charge in [0.2, 0.25) is 0 Å². The van der Waals surface area contributed by atoms with Crippen molar-refractivity contribution in [3.8, 4) is 5.75 Å². The molecule has 1 rings (SSSR count). The number of carbonyl (C=O) groups excluding carboxylic acids is 1. The summed E-state index contributed by atoms with van der Waals surface area (Å²) < 4.78 is 10.0. The van der Waals surface area contributed by atoms with Gasteiger partial charge in [-0.05, 0) is 38.1 Å². The predicted molar refractivity (Wildman–Crippen MR) is 76.7 cm³/mol. The van der Waals surface area contributed by atoms with Gasteiger partial charge >= 0.3 is 5.97 Å². The molecule has 0 unspecified atom stereocenters. The van der Waals surface area contributed by atoms with Gasteiger partial charge in [-0.15, -0.1) is 0 Å². The van der Waals surface area contributed by atoms with Crippen LogP contribution in [0.1, 0.15) is 25.8 Å². The third-order valence-electron chi connectivity index (χ3n) is 2.35. The monoisotopic (exact) mass is 277 g/mol. The molecule has 1 aromatic carbocycles. The lowest BCUT2D eigenvalue weighted by atomic mass is 10.1. The van der Waals surface area contributed by atoms with Crippen molar-refractivity contribution in [1.29, 1.82) is 0 Å². The van der Waals surface area contributed by atoms with Gasteiger partial charge in [-0.25, -0.2) is 0 Å². The minimum Gasteiger partial charge on any atom is -0.497 e. The second kappa shape index (κ2) is 7.99. The summed E-state index contributed by atoms with van der Waals surface area (Å²) in [6.45, 7) is 7.36. The summed E-state index contributed by atoms with van der Waals surface area (Å²) in [6, 6.07) is 7.19. The van der Waals surface area contributed by atoms with Crippen molar-refractivity contribution in [1.82, 2.24) is 0 Å². The number of ether oxygens (including phenoxy) is 2. The Kier molecular flexibility index (Phi) is 6.29. The third-order valence-corrected chi connectivity index (χ3v) is 2.35. The van der Waals surface area contributed by atoms with E-state index in [-0.39, 0.29) is 12.4 Å². The highest BCUT2D eigenvalue weighted by atomic mass is 16.6. The number of esters is 1. The number of carbonyl (C=O) groups is 1. The van der Waals surface area contributed by atoms with E-state index >= 15 is 0 Å². The largest absolute Gasteiger partial charge is 0.497 e. The fourth-order valence-electron chi connectivity index (χ4n) is 1.45. The van der Waals surface area contributed by atoms with E-state index in [0.29, 0.717) is 18.1 Å². The number of allylic oxidation sites excluding steroid dienone is 1. The molecule has 0 amide bonds. The standard InChI is InChI=1S/C15H19NO4/c1-5-19-15(17)10-14(16-20-11(2)3)12-6-8-13(18-4)9-7-12/h6-9H,2,5,10H2,1,3-4H3/b16-14+. The lowest BCUT2D eigenvalue weighted by molar-refractivity contribution is -0.141. The molecule has 20 heavy (non-hydrogen) atoms. The van der Waals surface area contributed by atoms with Crippen molar-refractivity contribution in [2.45, 2.75) is 20.3 Å². The third kappa shape index (κ3) is 5.14. The van der Waals surface area contributed by atoms with E-state index in [1.807, 2.05) is 0 Å². The SMILES string of the molecule is C=C(C)O/N=C(\CC(=O)OCC)c1ccc(OC)cc1. The van der Waals surface area contributed by atoms with Crippen molar-refractivity contribution < 1.29 is 19.1 Å². The minimum absolute atomic E-state index is 0.0352. The van der Waals surface area contributed by atoms with Crippen LogP contribution in [0.2, 0.25) is 0 Å². The highest BCUT2D eigenvalue weighted by Gasteiger charge is 2.12. The maximum atomic E-state index is 11.6. The molecule has 108 valence electrons. The highest BCUT2D eigenvalue weighted by Crippen LogP contribution is 2.14. The molecule has 0 aliphatic heterocycles. The van der Waals surface area contributed by atoms with E-state index in [1.165, 1.54) is 0 Å². The number of rotatable bonds is 7. The van der Waals surface area contributed by atoms with Gasteiger partial charge in [0, 0.05) is 5.56 Å². The number of methoxy groups -OCH3 is 1. The van der Waals surface area contributed by atoms with Gasteiger partial charge in [-0.3, -0.25) is 4.79 Å². The Bertz CT molecular complexity index is 491. The Balaban J connectivity index is 2.93. The van der Waals surface area contributed by atoms with Gasteiger partial charge in [0.25, 0.3) is 0 Å². The molecule has 0 aliphatic rings. The van der Waals surface area contributed by atoms with E-state index in [1.54, 1.807) is 45.2 Å². The van der Waals surface area contributed by atoms with E-state index in [0.717, 1.165) is 11.3 Å². The first-order valence-corrected chi connectivity index (χ1v) is 6.26. The van der Waals surface area contributed by atoms with Crippen LogP contribution in [0, 0.1) is 0 Å². The summed E-state index contributed by atoms with van der Waals surface area (Å²) in [4.78, 5) is 16.6. The second-order valence-electron chi connectivity index (χ2n) is 4.04. The summed E-state index contributed by atoms with van der Waals surface area (Å²) in [7, 11) is 1.59. The molecule has 0 fully saturated rings. The number of benzene rings is 1. The van der Waals surface area contributed by atoms with E-state index < -0.39 is 0 Å². The topological polar surface area (TPSA) is 57.1 Å². The van der Waals surface area contributed by atoms with Crippen molar-refractivity contribution in [3.05, 3.63) is 42.2 Å². The van der Waals surface area contributed by atoms with Gasteiger partial charge in [-0.2, -0.15) is 0 Å². The molecule has 0 atom stereocenters. The summed E-state index contributed by atoms with van der Waals surface area (Å²) >= 11 is 0. The Morgan fingerprint density at radius 1 is 1.30 bits per heavy atom. The molecule has 0 aliphatic carbocycles. The van der Waals surface area contributed by atoms with E-state index in [2.05, 4.69) is 11.7 Å². The lowest BCUT2D eigenvalue weighted by Gasteiger charge is -2.07. The fourth-order valence-corrected chi connectivity index (χ4v) is 1.45. The first-order valence-electron chi connectivity index (χ1n) is 6.26. The fraction of sp³-hybridized carbons (Fsp3) is 0.333.